The van der Waals surface area contributed by atoms with Crippen molar-refractivity contribution in [3.8, 4) is 0 Å². The molecule has 1 aliphatic carbocycles. The molecule has 1 saturated carbocycles. The predicted octanol–water partition coefficient (Wildman–Crippen LogP) is 0.420. The molecule has 2 atom stereocenters. The van der Waals surface area contributed by atoms with E-state index in [2.05, 4.69) is 0 Å². The Bertz CT molecular complexity index is 471. The smallest absolute Gasteiger partial charge is 0.225 e. The summed E-state index contributed by atoms with van der Waals surface area (Å²) in [5, 5.41) is 10.1. The molecule has 0 aromatic heterocycles. The maximum Gasteiger partial charge on any atom is 0.225 e. The summed E-state index contributed by atoms with van der Waals surface area (Å²) in [5.74, 6) is -0.0729. The Morgan fingerprint density at radius 2 is 1.71 bits per heavy atom. The number of carbonyl (C=O) groups excluding carboxylic acids is 1. The number of hydrogen-bond donors (Lipinski definition) is 1. The third-order valence-electron chi connectivity index (χ3n) is 4.81. The normalized spacial score (nSPS) is 29.3. The van der Waals surface area contributed by atoms with Crippen molar-refractivity contribution < 1.29 is 18.3 Å². The molecule has 6 nitrogen and oxygen atoms in total. The van der Waals surface area contributed by atoms with Crippen LogP contribution in [-0.4, -0.2) is 67.2 Å². The number of carbonyl (C=O) groups is 1. The van der Waals surface area contributed by atoms with Crippen molar-refractivity contribution in [3.05, 3.63) is 0 Å². The largest absolute Gasteiger partial charge is 0.391 e. The summed E-state index contributed by atoms with van der Waals surface area (Å²) in [4.78, 5) is 14.2. The van der Waals surface area contributed by atoms with Gasteiger partial charge in [0, 0.05) is 26.1 Å². The van der Waals surface area contributed by atoms with Crippen LogP contribution >= 0.6 is 0 Å². The van der Waals surface area contributed by atoms with E-state index in [9.17, 15) is 18.3 Å². The van der Waals surface area contributed by atoms with Crippen LogP contribution in [0.3, 0.4) is 0 Å². The fourth-order valence-electron chi connectivity index (χ4n) is 3.43. The molecule has 1 amide bonds. The molecule has 7 heteroatoms. The fraction of sp³-hybridized carbons (Fsp3) is 0.929. The second-order valence-corrected chi connectivity index (χ2v) is 8.29. The Hall–Kier alpha value is -0.660. The van der Waals surface area contributed by atoms with E-state index in [1.807, 2.05) is 0 Å². The molecule has 0 aromatic rings. The molecule has 1 aliphatic heterocycles. The quantitative estimate of drug-likeness (QED) is 0.818. The number of likely N-dealkylation sites (N-methyl/N-ethyl adjacent to an activating group) is 1. The summed E-state index contributed by atoms with van der Waals surface area (Å²) in [6.45, 7) is 0.826. The second-order valence-electron chi connectivity index (χ2n) is 6.30. The third kappa shape index (κ3) is 3.96. The third-order valence-corrected chi connectivity index (χ3v) is 6.11. The van der Waals surface area contributed by atoms with Crippen LogP contribution in [0.1, 0.15) is 38.5 Å². The van der Waals surface area contributed by atoms with Crippen molar-refractivity contribution in [2.45, 2.75) is 50.7 Å². The lowest BCUT2D eigenvalue weighted by Crippen LogP contribution is -2.50. The first-order chi connectivity index (χ1) is 9.80. The number of hydrogen-bond acceptors (Lipinski definition) is 4. The van der Waals surface area contributed by atoms with Gasteiger partial charge >= 0.3 is 0 Å². The van der Waals surface area contributed by atoms with E-state index in [1.54, 1.807) is 11.9 Å². The molecule has 0 radical (unpaired) electrons. The first-order valence-electron chi connectivity index (χ1n) is 7.70. The molecule has 2 aliphatic rings. The van der Waals surface area contributed by atoms with Crippen LogP contribution < -0.4 is 0 Å². The van der Waals surface area contributed by atoms with Crippen LogP contribution in [-0.2, 0) is 14.8 Å². The van der Waals surface area contributed by atoms with Crippen LogP contribution in [0.4, 0.5) is 0 Å². The molecule has 0 bridgehead atoms. The first kappa shape index (κ1) is 16.7. The van der Waals surface area contributed by atoms with Gasteiger partial charge in [-0.05, 0) is 25.7 Å². The second kappa shape index (κ2) is 6.62. The minimum Gasteiger partial charge on any atom is -0.391 e. The molecule has 0 unspecified atom stereocenters. The van der Waals surface area contributed by atoms with E-state index < -0.39 is 16.1 Å². The lowest BCUT2D eigenvalue weighted by molar-refractivity contribution is -0.141. The van der Waals surface area contributed by atoms with E-state index in [-0.39, 0.29) is 17.9 Å². The number of sulfonamides is 1. The van der Waals surface area contributed by atoms with Crippen molar-refractivity contribution in [1.82, 2.24) is 9.21 Å². The summed E-state index contributed by atoms with van der Waals surface area (Å²) in [6.07, 6.45) is 5.60. The minimum absolute atomic E-state index is 0.0501. The summed E-state index contributed by atoms with van der Waals surface area (Å²) in [5.41, 5.74) is 0. The topological polar surface area (TPSA) is 77.9 Å². The van der Waals surface area contributed by atoms with Crippen LogP contribution in [0, 0.1) is 5.92 Å². The average molecular weight is 318 g/mol. The number of aliphatic hydroxyl groups is 1. The Morgan fingerprint density at radius 1 is 1.14 bits per heavy atom. The van der Waals surface area contributed by atoms with Gasteiger partial charge in [0.2, 0.25) is 15.9 Å². The lowest BCUT2D eigenvalue weighted by Gasteiger charge is -2.38. The standard InChI is InChI=1S/C14H26N2O4S/c1-15(12-5-3-4-6-13(12)17)14(18)11-7-9-16(10-8-11)21(2,19)20/h11-13,17H,3-10H2,1-2H3/t12-,13-/m1/s1. The highest BCUT2D eigenvalue weighted by Gasteiger charge is 2.35. The molecular weight excluding hydrogens is 292 g/mol. The Morgan fingerprint density at radius 3 is 2.24 bits per heavy atom. The zero-order chi connectivity index (χ0) is 15.6. The first-order valence-corrected chi connectivity index (χ1v) is 9.55. The highest BCUT2D eigenvalue weighted by Crippen LogP contribution is 2.26. The van der Waals surface area contributed by atoms with E-state index in [0.717, 1.165) is 25.7 Å². The average Bonchev–Trinajstić information content (AvgIpc) is 2.45. The van der Waals surface area contributed by atoms with Gasteiger partial charge in [0.1, 0.15) is 0 Å². The number of nitrogens with zero attached hydrogens (tertiary/aromatic N) is 2. The molecular formula is C14H26N2O4S. The van der Waals surface area contributed by atoms with Gasteiger partial charge in [0.25, 0.3) is 0 Å². The lowest BCUT2D eigenvalue weighted by atomic mass is 9.89. The summed E-state index contributed by atoms with van der Waals surface area (Å²) in [7, 11) is -1.39. The van der Waals surface area contributed by atoms with Crippen LogP contribution in [0.25, 0.3) is 0 Å². The van der Waals surface area contributed by atoms with E-state index in [1.165, 1.54) is 10.6 Å². The molecule has 0 aromatic carbocycles. The Kier molecular flexibility index (Phi) is 5.27. The zero-order valence-electron chi connectivity index (χ0n) is 12.9. The van der Waals surface area contributed by atoms with Gasteiger partial charge in [-0.1, -0.05) is 12.8 Å². The van der Waals surface area contributed by atoms with Gasteiger partial charge in [-0.2, -0.15) is 0 Å². The van der Waals surface area contributed by atoms with Crippen molar-refractivity contribution in [2.24, 2.45) is 5.92 Å². The van der Waals surface area contributed by atoms with Gasteiger partial charge in [0.05, 0.1) is 18.4 Å². The number of amides is 1. The van der Waals surface area contributed by atoms with E-state index in [4.69, 9.17) is 0 Å². The van der Waals surface area contributed by atoms with Crippen LogP contribution in [0.5, 0.6) is 0 Å². The molecule has 122 valence electrons. The molecule has 0 spiro atoms. The highest BCUT2D eigenvalue weighted by molar-refractivity contribution is 7.88. The molecule has 21 heavy (non-hydrogen) atoms. The van der Waals surface area contributed by atoms with Crippen molar-refractivity contribution in [3.63, 3.8) is 0 Å². The molecule has 2 fully saturated rings. The summed E-state index contributed by atoms with van der Waals surface area (Å²) < 4.78 is 24.4. The van der Waals surface area contributed by atoms with Crippen molar-refractivity contribution in [1.29, 1.82) is 0 Å². The van der Waals surface area contributed by atoms with Crippen LogP contribution in [0.2, 0.25) is 0 Å². The maximum absolute atomic E-state index is 12.5. The maximum atomic E-state index is 12.5. The number of rotatable bonds is 3. The monoisotopic (exact) mass is 318 g/mol. The van der Waals surface area contributed by atoms with Crippen molar-refractivity contribution in [2.75, 3.05) is 26.4 Å². The Labute approximate surface area is 127 Å². The van der Waals surface area contributed by atoms with Gasteiger partial charge in [0.15, 0.2) is 0 Å². The molecule has 1 heterocycles. The summed E-state index contributed by atoms with van der Waals surface area (Å²) >= 11 is 0. The van der Waals surface area contributed by atoms with Gasteiger partial charge in [-0.3, -0.25) is 4.79 Å². The van der Waals surface area contributed by atoms with Crippen LogP contribution in [0.15, 0.2) is 0 Å². The van der Waals surface area contributed by atoms with Gasteiger partial charge in [-0.15, -0.1) is 0 Å². The van der Waals surface area contributed by atoms with E-state index >= 15 is 0 Å². The highest BCUT2D eigenvalue weighted by atomic mass is 32.2. The number of piperidine rings is 1. The van der Waals surface area contributed by atoms with Crippen molar-refractivity contribution >= 4 is 15.9 Å². The zero-order valence-corrected chi connectivity index (χ0v) is 13.7. The van der Waals surface area contributed by atoms with Gasteiger partial charge < -0.3 is 10.0 Å². The summed E-state index contributed by atoms with van der Waals surface area (Å²) in [6, 6.07) is -0.0841. The Balaban J connectivity index is 1.92. The SMILES string of the molecule is CN(C(=O)C1CCN(S(C)(=O)=O)CC1)[C@@H]1CCCC[C@H]1O. The predicted molar refractivity (Wildman–Crippen MR) is 80.2 cm³/mol. The van der Waals surface area contributed by atoms with Gasteiger partial charge in [-0.25, -0.2) is 12.7 Å². The minimum atomic E-state index is -3.16. The fourth-order valence-corrected chi connectivity index (χ4v) is 4.30. The molecule has 2 rings (SSSR count). The molecule has 1 N–H and O–H groups in total. The van der Waals surface area contributed by atoms with E-state index in [0.29, 0.717) is 25.9 Å². The number of aliphatic hydroxyl groups excluding tert-OH is 1. The molecule has 1 saturated heterocycles.